The molecule has 3 heterocycles. The molecule has 2 aromatic heterocycles. The molecule has 1 aromatic carbocycles. The number of H-pyrrole nitrogens is 1. The zero-order chi connectivity index (χ0) is 16.7. The van der Waals surface area contributed by atoms with E-state index in [-0.39, 0.29) is 17.6 Å². The zero-order valence-corrected chi connectivity index (χ0v) is 13.4. The molecule has 1 aliphatic heterocycles. The van der Waals surface area contributed by atoms with Crippen LogP contribution in [0.15, 0.2) is 47.5 Å². The standard InChI is InChI=1S/C18H18N4O2/c1-21-11-13(12-5-2-3-6-15(12)21)17(23)22-10-4-7-16(22)14-8-9-19-18(24)20-14/h2-3,5-6,8-9,11,16H,4,7,10H2,1H3,(H,19,20,24)/t16-/m1/s1. The minimum atomic E-state index is -0.378. The fourth-order valence-corrected chi connectivity index (χ4v) is 3.58. The summed E-state index contributed by atoms with van der Waals surface area (Å²) in [6.45, 7) is 0.692. The number of amides is 1. The molecule has 1 amide bonds. The van der Waals surface area contributed by atoms with E-state index in [1.165, 1.54) is 6.20 Å². The maximum Gasteiger partial charge on any atom is 0.345 e. The van der Waals surface area contributed by atoms with Crippen molar-refractivity contribution < 1.29 is 4.79 Å². The molecule has 122 valence electrons. The van der Waals surface area contributed by atoms with E-state index in [1.807, 2.05) is 47.0 Å². The van der Waals surface area contributed by atoms with Crippen molar-refractivity contribution in [1.82, 2.24) is 19.4 Å². The van der Waals surface area contributed by atoms with Gasteiger partial charge in [-0.2, -0.15) is 0 Å². The molecule has 4 rings (SSSR count). The largest absolute Gasteiger partial charge is 0.350 e. The molecule has 24 heavy (non-hydrogen) atoms. The summed E-state index contributed by atoms with van der Waals surface area (Å²) < 4.78 is 1.97. The Morgan fingerprint density at radius 1 is 1.29 bits per heavy atom. The molecule has 1 aliphatic rings. The SMILES string of the molecule is Cn1cc(C(=O)N2CCC[C@@H]2c2ccnc(=O)[nH]2)c2ccccc21. The Morgan fingerprint density at radius 3 is 2.96 bits per heavy atom. The van der Waals surface area contributed by atoms with E-state index in [0.29, 0.717) is 12.1 Å². The van der Waals surface area contributed by atoms with Gasteiger partial charge in [0.05, 0.1) is 11.6 Å². The van der Waals surface area contributed by atoms with Crippen LogP contribution in [0.5, 0.6) is 0 Å². The Kier molecular flexibility index (Phi) is 3.45. The number of aromatic amines is 1. The third-order valence-electron chi connectivity index (χ3n) is 4.70. The Labute approximate surface area is 138 Å². The zero-order valence-electron chi connectivity index (χ0n) is 13.4. The van der Waals surface area contributed by atoms with Gasteiger partial charge < -0.3 is 14.5 Å². The molecule has 3 aromatic rings. The highest BCUT2D eigenvalue weighted by Gasteiger charge is 2.32. The van der Waals surface area contributed by atoms with Crippen LogP contribution in [0.3, 0.4) is 0 Å². The lowest BCUT2D eigenvalue weighted by Gasteiger charge is -2.24. The van der Waals surface area contributed by atoms with Gasteiger partial charge in [0.15, 0.2) is 0 Å². The van der Waals surface area contributed by atoms with Crippen LogP contribution in [0.2, 0.25) is 0 Å². The molecule has 0 aliphatic carbocycles. The van der Waals surface area contributed by atoms with E-state index in [2.05, 4.69) is 9.97 Å². The normalized spacial score (nSPS) is 17.5. The first-order valence-corrected chi connectivity index (χ1v) is 8.05. The first-order chi connectivity index (χ1) is 11.6. The summed E-state index contributed by atoms with van der Waals surface area (Å²) in [5, 5.41) is 0.957. The van der Waals surface area contributed by atoms with Crippen LogP contribution >= 0.6 is 0 Å². The van der Waals surface area contributed by atoms with Crippen molar-refractivity contribution in [2.75, 3.05) is 6.54 Å². The lowest BCUT2D eigenvalue weighted by Crippen LogP contribution is -2.31. The number of carbonyl (C=O) groups excluding carboxylic acids is 1. The van der Waals surface area contributed by atoms with E-state index >= 15 is 0 Å². The second kappa shape index (κ2) is 5.63. The number of hydrogen-bond donors (Lipinski definition) is 1. The average molecular weight is 322 g/mol. The Bertz CT molecular complexity index is 972. The molecule has 0 spiro atoms. The fraction of sp³-hybridized carbons (Fsp3) is 0.278. The van der Waals surface area contributed by atoms with Gasteiger partial charge in [0.25, 0.3) is 5.91 Å². The van der Waals surface area contributed by atoms with Crippen LogP contribution in [0, 0.1) is 0 Å². The van der Waals surface area contributed by atoms with E-state index in [4.69, 9.17) is 0 Å². The number of hydrogen-bond acceptors (Lipinski definition) is 3. The number of aryl methyl sites for hydroxylation is 1. The van der Waals surface area contributed by atoms with E-state index in [0.717, 1.165) is 29.4 Å². The van der Waals surface area contributed by atoms with Crippen LogP contribution in [0.4, 0.5) is 0 Å². The summed E-state index contributed by atoms with van der Waals surface area (Å²) >= 11 is 0. The lowest BCUT2D eigenvalue weighted by molar-refractivity contribution is 0.0734. The number of benzene rings is 1. The van der Waals surface area contributed by atoms with Crippen molar-refractivity contribution in [2.24, 2.45) is 7.05 Å². The van der Waals surface area contributed by atoms with Gasteiger partial charge in [-0.05, 0) is 25.0 Å². The molecule has 0 radical (unpaired) electrons. The van der Waals surface area contributed by atoms with E-state index in [1.54, 1.807) is 6.07 Å². The summed E-state index contributed by atoms with van der Waals surface area (Å²) in [6.07, 6.45) is 5.15. The third-order valence-corrected chi connectivity index (χ3v) is 4.70. The van der Waals surface area contributed by atoms with Gasteiger partial charge >= 0.3 is 5.69 Å². The van der Waals surface area contributed by atoms with Crippen LogP contribution in [0.1, 0.15) is 34.9 Å². The molecular weight excluding hydrogens is 304 g/mol. The minimum Gasteiger partial charge on any atom is -0.350 e. The highest BCUT2D eigenvalue weighted by atomic mass is 16.2. The fourth-order valence-electron chi connectivity index (χ4n) is 3.58. The Balaban J connectivity index is 1.74. The number of rotatable bonds is 2. The molecule has 0 saturated carbocycles. The lowest BCUT2D eigenvalue weighted by atomic mass is 10.1. The van der Waals surface area contributed by atoms with Gasteiger partial charge in [0.2, 0.25) is 0 Å². The predicted octanol–water partition coefficient (Wildman–Crippen LogP) is 2.24. The smallest absolute Gasteiger partial charge is 0.345 e. The summed E-state index contributed by atoms with van der Waals surface area (Å²) in [7, 11) is 1.95. The molecule has 0 unspecified atom stereocenters. The van der Waals surface area contributed by atoms with Crippen molar-refractivity contribution in [3.63, 3.8) is 0 Å². The maximum absolute atomic E-state index is 13.1. The van der Waals surface area contributed by atoms with Crippen LogP contribution < -0.4 is 5.69 Å². The number of aromatic nitrogens is 3. The molecule has 6 nitrogen and oxygen atoms in total. The monoisotopic (exact) mass is 322 g/mol. The summed E-state index contributed by atoms with van der Waals surface area (Å²) in [4.78, 5) is 32.9. The Hall–Kier alpha value is -2.89. The number of carbonyl (C=O) groups is 1. The molecule has 6 heteroatoms. The quantitative estimate of drug-likeness (QED) is 0.786. The summed E-state index contributed by atoms with van der Waals surface area (Å²) in [5.74, 6) is 0.00645. The van der Waals surface area contributed by atoms with Crippen molar-refractivity contribution in [2.45, 2.75) is 18.9 Å². The van der Waals surface area contributed by atoms with Crippen molar-refractivity contribution in [1.29, 1.82) is 0 Å². The maximum atomic E-state index is 13.1. The van der Waals surface area contributed by atoms with E-state index in [9.17, 15) is 9.59 Å². The molecular formula is C18H18N4O2. The summed E-state index contributed by atoms with van der Waals surface area (Å²) in [6, 6.07) is 9.57. The molecule has 1 N–H and O–H groups in total. The highest BCUT2D eigenvalue weighted by Crippen LogP contribution is 2.33. The van der Waals surface area contributed by atoms with Crippen LogP contribution in [0.25, 0.3) is 10.9 Å². The van der Waals surface area contributed by atoms with Gasteiger partial charge in [-0.1, -0.05) is 18.2 Å². The van der Waals surface area contributed by atoms with Gasteiger partial charge in [0, 0.05) is 42.6 Å². The number of nitrogens with zero attached hydrogens (tertiary/aromatic N) is 3. The topological polar surface area (TPSA) is 71.0 Å². The number of fused-ring (bicyclic) bond motifs is 1. The van der Waals surface area contributed by atoms with Gasteiger partial charge in [0.1, 0.15) is 0 Å². The first-order valence-electron chi connectivity index (χ1n) is 8.05. The van der Waals surface area contributed by atoms with Crippen molar-refractivity contribution in [3.8, 4) is 0 Å². The molecule has 1 saturated heterocycles. The van der Waals surface area contributed by atoms with E-state index < -0.39 is 0 Å². The van der Waals surface area contributed by atoms with Gasteiger partial charge in [-0.15, -0.1) is 0 Å². The number of likely N-dealkylation sites (tertiary alicyclic amines) is 1. The van der Waals surface area contributed by atoms with Gasteiger partial charge in [-0.25, -0.2) is 9.78 Å². The Morgan fingerprint density at radius 2 is 2.12 bits per heavy atom. The van der Waals surface area contributed by atoms with Crippen LogP contribution in [-0.4, -0.2) is 31.9 Å². The summed E-state index contributed by atoms with van der Waals surface area (Å²) in [5.41, 5.74) is 2.11. The van der Waals surface area contributed by atoms with Crippen LogP contribution in [-0.2, 0) is 7.05 Å². The second-order valence-electron chi connectivity index (χ2n) is 6.16. The van der Waals surface area contributed by atoms with Crippen molar-refractivity contribution in [3.05, 3.63) is 64.5 Å². The highest BCUT2D eigenvalue weighted by molar-refractivity contribution is 6.07. The average Bonchev–Trinajstić information content (AvgIpc) is 3.20. The first kappa shape index (κ1) is 14.7. The number of para-hydroxylation sites is 1. The second-order valence-corrected chi connectivity index (χ2v) is 6.16. The molecule has 1 atom stereocenters. The minimum absolute atomic E-state index is 0.00645. The predicted molar refractivity (Wildman–Crippen MR) is 90.8 cm³/mol. The molecule has 1 fully saturated rings. The molecule has 0 bridgehead atoms. The number of nitrogens with one attached hydrogen (secondary N) is 1. The third kappa shape index (κ3) is 2.31. The van der Waals surface area contributed by atoms with Crippen molar-refractivity contribution >= 4 is 16.8 Å². The van der Waals surface area contributed by atoms with Gasteiger partial charge in [-0.3, -0.25) is 4.79 Å².